The number of nitrogens with one attached hydrogen (secondary N) is 1. The Morgan fingerprint density at radius 1 is 1.37 bits per heavy atom. The number of nitrogens with zero attached hydrogens (tertiary/aromatic N) is 2. The number of hydrogen-bond donors (Lipinski definition) is 2. The fraction of sp³-hybridized carbons (Fsp3) is 0.643. The molecule has 0 amide bonds. The van der Waals surface area contributed by atoms with Gasteiger partial charge in [0.2, 0.25) is 5.88 Å². The first-order valence-electron chi connectivity index (χ1n) is 6.79. The molecule has 0 radical (unpaired) electrons. The van der Waals surface area contributed by atoms with Crippen LogP contribution in [0.3, 0.4) is 0 Å². The maximum atomic E-state index is 5.72. The Morgan fingerprint density at radius 3 is 2.74 bits per heavy atom. The zero-order chi connectivity index (χ0) is 14.3. The third-order valence-corrected chi connectivity index (χ3v) is 3.21. The molecule has 0 unspecified atom stereocenters. The highest BCUT2D eigenvalue weighted by atomic mass is 16.5. The molecule has 19 heavy (non-hydrogen) atoms. The van der Waals surface area contributed by atoms with Crippen LogP contribution in [-0.4, -0.2) is 43.2 Å². The summed E-state index contributed by atoms with van der Waals surface area (Å²) in [4.78, 5) is 6.63. The molecule has 108 valence electrons. The molecule has 5 nitrogen and oxygen atoms in total. The second-order valence-corrected chi connectivity index (χ2v) is 5.00. The minimum atomic E-state index is 0.476. The van der Waals surface area contributed by atoms with E-state index < -0.39 is 0 Å². The molecule has 0 fully saturated rings. The van der Waals surface area contributed by atoms with Gasteiger partial charge in [-0.1, -0.05) is 0 Å². The number of pyridine rings is 1. The van der Waals surface area contributed by atoms with Crippen LogP contribution in [0.4, 0.5) is 11.5 Å². The van der Waals surface area contributed by atoms with Gasteiger partial charge in [-0.2, -0.15) is 4.98 Å². The molecule has 1 heterocycles. The predicted octanol–water partition coefficient (Wildman–Crippen LogP) is 2.20. The van der Waals surface area contributed by atoms with Crippen LogP contribution in [0.5, 0.6) is 5.88 Å². The summed E-state index contributed by atoms with van der Waals surface area (Å²) in [6.45, 7) is 6.45. The third kappa shape index (κ3) is 5.34. The van der Waals surface area contributed by atoms with E-state index in [1.165, 1.54) is 6.42 Å². The standard InChI is InChI=1S/C14H26N4O/c1-11(2)18(3)10-6-5-9-16-13-8-7-12(15)14(17-13)19-4/h7-8,11H,5-6,9-10,15H2,1-4H3,(H,16,17). The SMILES string of the molecule is COc1nc(NCCCCN(C)C(C)C)ccc1N. The second-order valence-electron chi connectivity index (χ2n) is 5.00. The Morgan fingerprint density at radius 2 is 2.11 bits per heavy atom. The van der Waals surface area contributed by atoms with Gasteiger partial charge in [0.15, 0.2) is 0 Å². The topological polar surface area (TPSA) is 63.4 Å². The molecule has 1 aromatic heterocycles. The molecule has 0 bridgehead atoms. The molecule has 1 rings (SSSR count). The van der Waals surface area contributed by atoms with Crippen LogP contribution >= 0.6 is 0 Å². The first kappa shape index (κ1) is 15.6. The van der Waals surface area contributed by atoms with Crippen LogP contribution in [0.15, 0.2) is 12.1 Å². The van der Waals surface area contributed by atoms with E-state index in [2.05, 4.69) is 36.1 Å². The lowest BCUT2D eigenvalue weighted by Crippen LogP contribution is -2.27. The van der Waals surface area contributed by atoms with E-state index in [0.29, 0.717) is 17.6 Å². The first-order chi connectivity index (χ1) is 9.04. The number of rotatable bonds is 8. The lowest BCUT2D eigenvalue weighted by Gasteiger charge is -2.20. The van der Waals surface area contributed by atoms with E-state index in [0.717, 1.165) is 25.3 Å². The molecule has 3 N–H and O–H groups in total. The molecule has 0 aromatic carbocycles. The number of methoxy groups -OCH3 is 1. The van der Waals surface area contributed by atoms with Gasteiger partial charge in [0.25, 0.3) is 0 Å². The van der Waals surface area contributed by atoms with Crippen molar-refractivity contribution in [3.05, 3.63) is 12.1 Å². The molecule has 0 aliphatic heterocycles. The summed E-state index contributed by atoms with van der Waals surface area (Å²) in [5.41, 5.74) is 6.28. The van der Waals surface area contributed by atoms with Crippen molar-refractivity contribution in [3.63, 3.8) is 0 Å². The van der Waals surface area contributed by atoms with Crippen molar-refractivity contribution < 1.29 is 4.74 Å². The molecule has 0 aliphatic rings. The monoisotopic (exact) mass is 266 g/mol. The smallest absolute Gasteiger partial charge is 0.238 e. The quantitative estimate of drug-likeness (QED) is 0.706. The van der Waals surface area contributed by atoms with Crippen LogP contribution in [0.2, 0.25) is 0 Å². The number of aromatic nitrogens is 1. The summed E-state index contributed by atoms with van der Waals surface area (Å²) in [7, 11) is 3.73. The number of unbranched alkanes of at least 4 members (excludes halogenated alkanes) is 1. The van der Waals surface area contributed by atoms with E-state index in [1.54, 1.807) is 13.2 Å². The van der Waals surface area contributed by atoms with Gasteiger partial charge >= 0.3 is 0 Å². The van der Waals surface area contributed by atoms with Gasteiger partial charge in [-0.15, -0.1) is 0 Å². The van der Waals surface area contributed by atoms with E-state index >= 15 is 0 Å². The number of nitrogens with two attached hydrogens (primary N) is 1. The van der Waals surface area contributed by atoms with E-state index in [4.69, 9.17) is 10.5 Å². The first-order valence-corrected chi connectivity index (χ1v) is 6.79. The van der Waals surface area contributed by atoms with E-state index in [1.807, 2.05) is 6.07 Å². The summed E-state index contributed by atoms with van der Waals surface area (Å²) in [6, 6.07) is 4.29. The molecule has 1 aromatic rings. The number of anilines is 2. The molecular weight excluding hydrogens is 240 g/mol. The minimum Gasteiger partial charge on any atom is -0.479 e. The van der Waals surface area contributed by atoms with Gasteiger partial charge in [0.05, 0.1) is 12.8 Å². The van der Waals surface area contributed by atoms with Crippen molar-refractivity contribution in [2.45, 2.75) is 32.7 Å². The molecular formula is C14H26N4O. The zero-order valence-corrected chi connectivity index (χ0v) is 12.4. The molecule has 0 atom stereocenters. The molecule has 0 spiro atoms. The highest BCUT2D eigenvalue weighted by Crippen LogP contribution is 2.19. The summed E-state index contributed by atoms with van der Waals surface area (Å²) in [5, 5.41) is 3.28. The maximum Gasteiger partial charge on any atom is 0.238 e. The van der Waals surface area contributed by atoms with Crippen LogP contribution in [-0.2, 0) is 0 Å². The largest absolute Gasteiger partial charge is 0.479 e. The Bertz CT molecular complexity index is 382. The third-order valence-electron chi connectivity index (χ3n) is 3.21. The van der Waals surface area contributed by atoms with Crippen molar-refractivity contribution in [1.82, 2.24) is 9.88 Å². The van der Waals surface area contributed by atoms with Crippen LogP contribution < -0.4 is 15.8 Å². The Labute approximate surface area is 116 Å². The van der Waals surface area contributed by atoms with Crippen molar-refractivity contribution in [2.75, 3.05) is 38.3 Å². The van der Waals surface area contributed by atoms with Gasteiger partial charge in [-0.05, 0) is 52.4 Å². The normalized spacial score (nSPS) is 11.1. The van der Waals surface area contributed by atoms with Crippen molar-refractivity contribution in [3.8, 4) is 5.88 Å². The van der Waals surface area contributed by atoms with Crippen molar-refractivity contribution in [1.29, 1.82) is 0 Å². The minimum absolute atomic E-state index is 0.476. The van der Waals surface area contributed by atoms with Crippen molar-refractivity contribution >= 4 is 11.5 Å². The molecule has 0 saturated carbocycles. The average molecular weight is 266 g/mol. The number of hydrogen-bond acceptors (Lipinski definition) is 5. The predicted molar refractivity (Wildman–Crippen MR) is 80.7 cm³/mol. The number of ether oxygens (including phenoxy) is 1. The fourth-order valence-corrected chi connectivity index (χ4v) is 1.67. The van der Waals surface area contributed by atoms with Gasteiger partial charge in [-0.3, -0.25) is 0 Å². The van der Waals surface area contributed by atoms with Crippen LogP contribution in [0, 0.1) is 0 Å². The summed E-state index contributed by atoms with van der Waals surface area (Å²) < 4.78 is 5.09. The zero-order valence-electron chi connectivity index (χ0n) is 12.4. The Balaban J connectivity index is 2.26. The van der Waals surface area contributed by atoms with Crippen molar-refractivity contribution in [2.24, 2.45) is 0 Å². The van der Waals surface area contributed by atoms with E-state index in [9.17, 15) is 0 Å². The molecule has 0 aliphatic carbocycles. The summed E-state index contributed by atoms with van der Waals surface area (Å²) in [5.74, 6) is 1.29. The highest BCUT2D eigenvalue weighted by molar-refractivity contribution is 5.53. The van der Waals surface area contributed by atoms with Crippen LogP contribution in [0.1, 0.15) is 26.7 Å². The van der Waals surface area contributed by atoms with Gasteiger partial charge in [0, 0.05) is 12.6 Å². The van der Waals surface area contributed by atoms with Gasteiger partial charge in [0.1, 0.15) is 5.82 Å². The Hall–Kier alpha value is -1.49. The summed E-state index contributed by atoms with van der Waals surface area (Å²) >= 11 is 0. The molecule has 0 saturated heterocycles. The van der Waals surface area contributed by atoms with Crippen LogP contribution in [0.25, 0.3) is 0 Å². The Kier molecular flexibility index (Phi) is 6.42. The van der Waals surface area contributed by atoms with Gasteiger partial charge < -0.3 is 20.7 Å². The second kappa shape index (κ2) is 7.84. The number of nitrogen functional groups attached to an aromatic ring is 1. The summed E-state index contributed by atoms with van der Waals surface area (Å²) in [6.07, 6.45) is 2.29. The van der Waals surface area contributed by atoms with Gasteiger partial charge in [-0.25, -0.2) is 0 Å². The fourth-order valence-electron chi connectivity index (χ4n) is 1.67. The molecule has 5 heteroatoms. The maximum absolute atomic E-state index is 5.72. The lowest BCUT2D eigenvalue weighted by molar-refractivity contribution is 0.269. The lowest BCUT2D eigenvalue weighted by atomic mass is 10.2. The van der Waals surface area contributed by atoms with E-state index in [-0.39, 0.29) is 0 Å². The average Bonchev–Trinajstić information content (AvgIpc) is 2.39. The highest BCUT2D eigenvalue weighted by Gasteiger charge is 2.03.